The van der Waals surface area contributed by atoms with Crippen molar-refractivity contribution in [2.45, 2.75) is 16.8 Å². The van der Waals surface area contributed by atoms with E-state index in [1.807, 2.05) is 0 Å². The second-order valence-corrected chi connectivity index (χ2v) is 9.34. The van der Waals surface area contributed by atoms with Gasteiger partial charge in [-0.2, -0.15) is 26.7 Å². The van der Waals surface area contributed by atoms with Crippen LogP contribution in [-0.2, 0) is 16.3 Å². The molecule has 0 fully saturated rings. The topological polar surface area (TPSA) is 95.9 Å². The van der Waals surface area contributed by atoms with Crippen LogP contribution in [0.1, 0.15) is 28.1 Å². The lowest BCUT2D eigenvalue weighted by atomic mass is 10.1. The van der Waals surface area contributed by atoms with E-state index in [9.17, 15) is 30.4 Å². The van der Waals surface area contributed by atoms with Gasteiger partial charge < -0.3 is 0 Å². The number of nitrogens with zero attached hydrogens (tertiary/aromatic N) is 2. The molecule has 0 aliphatic heterocycles. The van der Waals surface area contributed by atoms with Crippen molar-refractivity contribution in [1.82, 2.24) is 15.2 Å². The Bertz CT molecular complexity index is 1510. The first kappa shape index (κ1) is 22.8. The van der Waals surface area contributed by atoms with Crippen molar-refractivity contribution in [2.24, 2.45) is 0 Å². The number of H-pyrrole nitrogens is 1. The van der Waals surface area contributed by atoms with Gasteiger partial charge in [-0.05, 0) is 42.2 Å². The molecule has 0 saturated carbocycles. The summed E-state index contributed by atoms with van der Waals surface area (Å²) in [5.41, 5.74) is -1.33. The first-order valence-electron chi connectivity index (χ1n) is 8.87. The van der Waals surface area contributed by atoms with E-state index in [4.69, 9.17) is 4.55 Å². The van der Waals surface area contributed by atoms with Gasteiger partial charge in [0.1, 0.15) is 20.9 Å². The van der Waals surface area contributed by atoms with Crippen molar-refractivity contribution in [3.8, 4) is 23.1 Å². The highest BCUT2D eigenvalue weighted by molar-refractivity contribution is 7.88. The zero-order valence-corrected chi connectivity index (χ0v) is 17.6. The molecule has 6 nitrogen and oxygen atoms in total. The Morgan fingerprint density at radius 1 is 1.03 bits per heavy atom. The Hall–Kier alpha value is -3.34. The zero-order valence-electron chi connectivity index (χ0n) is 16.0. The van der Waals surface area contributed by atoms with Crippen LogP contribution in [0.25, 0.3) is 22.3 Å². The fourth-order valence-corrected chi connectivity index (χ4v) is 4.42. The number of hydrogen-bond donors (Lipinski definition) is 2. The molecule has 3 heterocycles. The maximum Gasteiger partial charge on any atom is 0.416 e. The number of thiophene rings is 1. The lowest BCUT2D eigenvalue weighted by Gasteiger charge is -2.09. The number of aromatic amines is 1. The molecule has 0 radical (unpaired) electrons. The minimum absolute atomic E-state index is 0.000702. The lowest BCUT2D eigenvalue weighted by Crippen LogP contribution is -2.04. The SMILES string of the molecule is O=S(=O)(O)c1ccc(C#Cc2[nH]nc3c(C(F)F)cc(-c4ccc(C(F)(F)F)cc4)nc23)s1. The largest absolute Gasteiger partial charge is 0.416 e. The van der Waals surface area contributed by atoms with Crippen LogP contribution in [0.15, 0.2) is 46.7 Å². The van der Waals surface area contributed by atoms with Crippen LogP contribution >= 0.6 is 11.3 Å². The number of aromatic nitrogens is 3. The van der Waals surface area contributed by atoms with Crippen LogP contribution < -0.4 is 0 Å². The van der Waals surface area contributed by atoms with Crippen molar-refractivity contribution in [3.63, 3.8) is 0 Å². The summed E-state index contributed by atoms with van der Waals surface area (Å²) in [7, 11) is -4.39. The number of benzene rings is 1. The van der Waals surface area contributed by atoms with Crippen molar-refractivity contribution in [1.29, 1.82) is 0 Å². The zero-order chi connectivity index (χ0) is 24.0. The third-order valence-corrected chi connectivity index (χ3v) is 6.75. The highest BCUT2D eigenvalue weighted by atomic mass is 32.3. The monoisotopic (exact) mass is 499 g/mol. The number of nitrogens with one attached hydrogen (secondary N) is 1. The van der Waals surface area contributed by atoms with E-state index in [-0.39, 0.29) is 37.1 Å². The molecule has 0 amide bonds. The predicted octanol–water partition coefficient (Wildman–Crippen LogP) is 5.29. The van der Waals surface area contributed by atoms with Gasteiger partial charge in [-0.15, -0.1) is 11.3 Å². The minimum atomic E-state index is -4.55. The fourth-order valence-electron chi connectivity index (χ4n) is 2.90. The Labute approximate surface area is 186 Å². The Morgan fingerprint density at radius 3 is 2.30 bits per heavy atom. The highest BCUT2D eigenvalue weighted by Gasteiger charge is 2.30. The molecule has 0 bridgehead atoms. The maximum atomic E-state index is 13.6. The summed E-state index contributed by atoms with van der Waals surface area (Å²) in [5, 5.41) is 6.32. The van der Waals surface area contributed by atoms with Crippen LogP contribution in [0.5, 0.6) is 0 Å². The van der Waals surface area contributed by atoms with E-state index in [0.29, 0.717) is 11.3 Å². The van der Waals surface area contributed by atoms with Gasteiger partial charge in [0.2, 0.25) is 0 Å². The fraction of sp³-hybridized carbons (Fsp3) is 0.100. The summed E-state index contributed by atoms with van der Waals surface area (Å²) in [4.78, 5) is 4.52. The Morgan fingerprint density at radius 2 is 1.73 bits per heavy atom. The molecule has 0 spiro atoms. The molecule has 1 aromatic carbocycles. The number of halogens is 5. The third kappa shape index (κ3) is 4.72. The number of fused-ring (bicyclic) bond motifs is 1. The number of alkyl halides is 5. The van der Waals surface area contributed by atoms with Gasteiger partial charge in [-0.25, -0.2) is 13.8 Å². The molecular weight excluding hydrogens is 489 g/mol. The van der Waals surface area contributed by atoms with Crippen LogP contribution in [0.2, 0.25) is 0 Å². The van der Waals surface area contributed by atoms with E-state index >= 15 is 0 Å². The first-order valence-corrected chi connectivity index (χ1v) is 11.1. The standard InChI is InChI=1S/C20H10F5N3O3S2/c21-19(22)13-9-15(10-1-3-11(4-2-10)20(23,24)25)26-18-14(27-28-17(13)18)7-5-12-6-8-16(32-12)33(29,30)31/h1-4,6,8-9,19H,(H,27,28)(H,29,30,31). The summed E-state index contributed by atoms with van der Waals surface area (Å²) in [6.45, 7) is 0. The molecule has 0 atom stereocenters. The molecule has 4 aromatic rings. The third-order valence-electron chi connectivity index (χ3n) is 4.43. The average Bonchev–Trinajstić information content (AvgIpc) is 3.38. The first-order chi connectivity index (χ1) is 15.4. The van der Waals surface area contributed by atoms with Crippen LogP contribution in [0.4, 0.5) is 22.0 Å². The number of pyridine rings is 1. The molecule has 0 saturated heterocycles. The van der Waals surface area contributed by atoms with E-state index < -0.39 is 33.8 Å². The second kappa shape index (κ2) is 8.22. The lowest BCUT2D eigenvalue weighted by molar-refractivity contribution is -0.137. The van der Waals surface area contributed by atoms with Gasteiger partial charge in [-0.1, -0.05) is 12.1 Å². The normalized spacial score (nSPS) is 12.2. The molecule has 4 rings (SSSR count). The van der Waals surface area contributed by atoms with E-state index in [0.717, 1.165) is 36.4 Å². The number of rotatable bonds is 3. The van der Waals surface area contributed by atoms with Crippen molar-refractivity contribution < 1.29 is 34.9 Å². The summed E-state index contributed by atoms with van der Waals surface area (Å²) in [6.07, 6.45) is -7.49. The summed E-state index contributed by atoms with van der Waals surface area (Å²) < 4.78 is 96.8. The van der Waals surface area contributed by atoms with E-state index in [1.54, 1.807) is 0 Å². The quantitative estimate of drug-likeness (QED) is 0.227. The van der Waals surface area contributed by atoms with Gasteiger partial charge in [-0.3, -0.25) is 9.65 Å². The molecule has 3 aromatic heterocycles. The Kier molecular flexibility index (Phi) is 5.69. The van der Waals surface area contributed by atoms with Crippen molar-refractivity contribution in [3.05, 3.63) is 64.2 Å². The van der Waals surface area contributed by atoms with Gasteiger partial charge in [0.15, 0.2) is 0 Å². The second-order valence-electron chi connectivity index (χ2n) is 6.61. The van der Waals surface area contributed by atoms with Crippen LogP contribution in [-0.4, -0.2) is 28.2 Å². The molecule has 33 heavy (non-hydrogen) atoms. The molecule has 0 aliphatic carbocycles. The Balaban J connectivity index is 1.79. The van der Waals surface area contributed by atoms with E-state index in [2.05, 4.69) is 27.0 Å². The maximum absolute atomic E-state index is 13.6. The molecular formula is C20H10F5N3O3S2. The summed E-state index contributed by atoms with van der Waals surface area (Å²) in [5.74, 6) is 5.27. The van der Waals surface area contributed by atoms with Crippen molar-refractivity contribution >= 4 is 32.5 Å². The van der Waals surface area contributed by atoms with Gasteiger partial charge in [0, 0.05) is 11.1 Å². The predicted molar refractivity (Wildman–Crippen MR) is 109 cm³/mol. The van der Waals surface area contributed by atoms with Gasteiger partial charge in [0.05, 0.1) is 16.1 Å². The average molecular weight is 499 g/mol. The summed E-state index contributed by atoms with van der Waals surface area (Å²) >= 11 is 0.700. The molecule has 2 N–H and O–H groups in total. The van der Waals surface area contributed by atoms with Crippen LogP contribution in [0, 0.1) is 11.8 Å². The molecule has 0 aliphatic rings. The smallest absolute Gasteiger partial charge is 0.281 e. The highest BCUT2D eigenvalue weighted by Crippen LogP contribution is 2.34. The minimum Gasteiger partial charge on any atom is -0.281 e. The van der Waals surface area contributed by atoms with Crippen molar-refractivity contribution in [2.75, 3.05) is 0 Å². The summed E-state index contributed by atoms with van der Waals surface area (Å²) in [6, 6.07) is 7.45. The van der Waals surface area contributed by atoms with E-state index in [1.165, 1.54) is 6.07 Å². The molecule has 0 unspecified atom stereocenters. The molecule has 170 valence electrons. The van der Waals surface area contributed by atoms with Crippen LogP contribution in [0.3, 0.4) is 0 Å². The number of hydrogen-bond acceptors (Lipinski definition) is 5. The van der Waals surface area contributed by atoms with Gasteiger partial charge in [0.25, 0.3) is 6.43 Å². The van der Waals surface area contributed by atoms with Gasteiger partial charge >= 0.3 is 16.3 Å². The molecule has 13 heteroatoms.